The largest absolute Gasteiger partial charge is 0.352 e. The molecule has 2 saturated heterocycles. The van der Waals surface area contributed by atoms with Gasteiger partial charge in [0.2, 0.25) is 5.91 Å². The highest BCUT2D eigenvalue weighted by atomic mass is 16.2. The molecule has 2 N–H and O–H groups in total. The molecule has 1 aromatic rings. The van der Waals surface area contributed by atoms with Crippen molar-refractivity contribution in [3.63, 3.8) is 0 Å². The van der Waals surface area contributed by atoms with Gasteiger partial charge in [-0.3, -0.25) is 14.7 Å². The third-order valence-corrected chi connectivity index (χ3v) is 5.17. The Kier molecular flexibility index (Phi) is 6.18. The number of hydrogen-bond acceptors (Lipinski definition) is 5. The Morgan fingerprint density at radius 2 is 2.21 bits per heavy atom. The summed E-state index contributed by atoms with van der Waals surface area (Å²) in [4.78, 5) is 21.4. The topological polar surface area (TPSA) is 60.5 Å². The molecule has 2 aliphatic heterocycles. The number of piperidine rings is 1. The Hall–Kier alpha value is -1.50. The summed E-state index contributed by atoms with van der Waals surface area (Å²) in [6.07, 6.45) is 5.82. The van der Waals surface area contributed by atoms with E-state index in [0.717, 1.165) is 52.1 Å². The second-order valence-electron chi connectivity index (χ2n) is 6.75. The predicted molar refractivity (Wildman–Crippen MR) is 94.7 cm³/mol. The maximum Gasteiger partial charge on any atom is 0.234 e. The molecular weight excluding hydrogens is 302 g/mol. The van der Waals surface area contributed by atoms with Gasteiger partial charge in [-0.1, -0.05) is 13.0 Å². The summed E-state index contributed by atoms with van der Waals surface area (Å²) in [5.74, 6) is 0.153. The van der Waals surface area contributed by atoms with Crippen LogP contribution in [0.5, 0.6) is 0 Å². The van der Waals surface area contributed by atoms with E-state index < -0.39 is 0 Å². The minimum Gasteiger partial charge on any atom is -0.352 e. The van der Waals surface area contributed by atoms with Gasteiger partial charge in [0.15, 0.2) is 0 Å². The first-order valence-corrected chi connectivity index (χ1v) is 9.12. The van der Waals surface area contributed by atoms with Gasteiger partial charge >= 0.3 is 0 Å². The predicted octanol–water partition coefficient (Wildman–Crippen LogP) is 0.628. The maximum atomic E-state index is 12.5. The number of aromatic nitrogens is 1. The highest BCUT2D eigenvalue weighted by molar-refractivity contribution is 5.78. The van der Waals surface area contributed by atoms with Gasteiger partial charge in [0, 0.05) is 57.2 Å². The van der Waals surface area contributed by atoms with Crippen LogP contribution >= 0.6 is 0 Å². The number of carbonyl (C=O) groups is 1. The van der Waals surface area contributed by atoms with Gasteiger partial charge in [-0.15, -0.1) is 0 Å². The number of hydrogen-bond donors (Lipinski definition) is 2. The van der Waals surface area contributed by atoms with Crippen molar-refractivity contribution >= 4 is 5.91 Å². The van der Waals surface area contributed by atoms with Crippen molar-refractivity contribution in [2.75, 3.05) is 45.8 Å². The molecule has 0 radical (unpaired) electrons. The smallest absolute Gasteiger partial charge is 0.234 e. The SMILES string of the molecule is CCN1CCC(NC(=O)CN2CCNCC2c2cccnc2)CC1. The highest BCUT2D eigenvalue weighted by Crippen LogP contribution is 2.21. The minimum atomic E-state index is 0.153. The van der Waals surface area contributed by atoms with Gasteiger partial charge in [-0.2, -0.15) is 0 Å². The van der Waals surface area contributed by atoms with Crippen LogP contribution < -0.4 is 10.6 Å². The van der Waals surface area contributed by atoms with E-state index in [1.807, 2.05) is 12.3 Å². The molecule has 24 heavy (non-hydrogen) atoms. The number of piperazine rings is 1. The van der Waals surface area contributed by atoms with Gasteiger partial charge < -0.3 is 15.5 Å². The van der Waals surface area contributed by atoms with E-state index in [1.54, 1.807) is 6.20 Å². The summed E-state index contributed by atoms with van der Waals surface area (Å²) in [5, 5.41) is 6.66. The van der Waals surface area contributed by atoms with Crippen molar-refractivity contribution in [1.29, 1.82) is 0 Å². The zero-order valence-electron chi connectivity index (χ0n) is 14.6. The summed E-state index contributed by atoms with van der Waals surface area (Å²) in [6, 6.07) is 4.61. The van der Waals surface area contributed by atoms with Crippen LogP contribution in [0.2, 0.25) is 0 Å². The van der Waals surface area contributed by atoms with Crippen molar-refractivity contribution in [2.24, 2.45) is 0 Å². The summed E-state index contributed by atoms with van der Waals surface area (Å²) < 4.78 is 0. The average Bonchev–Trinajstić information content (AvgIpc) is 2.63. The lowest BCUT2D eigenvalue weighted by atomic mass is 10.0. The molecule has 1 aromatic heterocycles. The fourth-order valence-corrected chi connectivity index (χ4v) is 3.69. The zero-order valence-corrected chi connectivity index (χ0v) is 14.6. The fourth-order valence-electron chi connectivity index (χ4n) is 3.69. The number of nitrogens with one attached hydrogen (secondary N) is 2. The fraction of sp³-hybridized carbons (Fsp3) is 0.667. The molecule has 3 heterocycles. The standard InChI is InChI=1S/C18H29N5O/c1-2-22-9-5-16(6-10-22)21-18(24)14-23-11-8-20-13-17(23)15-4-3-7-19-12-15/h3-4,7,12,16-17,20H,2,5-6,8-11,13-14H2,1H3,(H,21,24). The van der Waals surface area contributed by atoms with E-state index in [0.29, 0.717) is 12.6 Å². The van der Waals surface area contributed by atoms with Crippen LogP contribution in [0.15, 0.2) is 24.5 Å². The summed E-state index contributed by atoms with van der Waals surface area (Å²) in [6.45, 7) is 8.64. The van der Waals surface area contributed by atoms with Crippen LogP contribution in [0.3, 0.4) is 0 Å². The van der Waals surface area contributed by atoms with Crippen molar-refractivity contribution < 1.29 is 4.79 Å². The number of rotatable bonds is 5. The summed E-state index contributed by atoms with van der Waals surface area (Å²) >= 11 is 0. The third kappa shape index (κ3) is 4.53. The molecule has 3 rings (SSSR count). The molecule has 2 fully saturated rings. The lowest BCUT2D eigenvalue weighted by Gasteiger charge is -2.36. The van der Waals surface area contributed by atoms with E-state index in [-0.39, 0.29) is 11.9 Å². The number of pyridine rings is 1. The molecule has 0 saturated carbocycles. The minimum absolute atomic E-state index is 0.153. The second kappa shape index (κ2) is 8.55. The van der Waals surface area contributed by atoms with E-state index in [1.165, 1.54) is 5.56 Å². The molecule has 0 aliphatic carbocycles. The molecule has 2 aliphatic rings. The zero-order chi connectivity index (χ0) is 16.8. The molecule has 132 valence electrons. The normalized spacial score (nSPS) is 24.0. The van der Waals surface area contributed by atoms with Crippen LogP contribution in [0.25, 0.3) is 0 Å². The first-order valence-electron chi connectivity index (χ1n) is 9.12. The first-order chi connectivity index (χ1) is 11.8. The van der Waals surface area contributed by atoms with Crippen LogP contribution in [0.1, 0.15) is 31.4 Å². The molecule has 6 heteroatoms. The van der Waals surface area contributed by atoms with E-state index in [4.69, 9.17) is 0 Å². The van der Waals surface area contributed by atoms with Crippen LogP contribution in [0.4, 0.5) is 0 Å². The van der Waals surface area contributed by atoms with E-state index in [2.05, 4.69) is 38.4 Å². The molecule has 1 atom stereocenters. The Bertz CT molecular complexity index is 515. The third-order valence-electron chi connectivity index (χ3n) is 5.17. The highest BCUT2D eigenvalue weighted by Gasteiger charge is 2.27. The van der Waals surface area contributed by atoms with E-state index >= 15 is 0 Å². The quantitative estimate of drug-likeness (QED) is 0.829. The molecule has 0 spiro atoms. The Labute approximate surface area is 144 Å². The lowest BCUT2D eigenvalue weighted by molar-refractivity contribution is -0.124. The van der Waals surface area contributed by atoms with Gasteiger partial charge in [0.1, 0.15) is 0 Å². The van der Waals surface area contributed by atoms with Crippen molar-refractivity contribution in [1.82, 2.24) is 25.4 Å². The lowest BCUT2D eigenvalue weighted by Crippen LogP contribution is -2.52. The maximum absolute atomic E-state index is 12.5. The molecule has 0 bridgehead atoms. The molecule has 0 aromatic carbocycles. The van der Waals surface area contributed by atoms with Crippen molar-refractivity contribution in [2.45, 2.75) is 31.8 Å². The number of amides is 1. The monoisotopic (exact) mass is 331 g/mol. The van der Waals surface area contributed by atoms with Crippen molar-refractivity contribution in [3.05, 3.63) is 30.1 Å². The van der Waals surface area contributed by atoms with Crippen LogP contribution in [0, 0.1) is 0 Å². The number of likely N-dealkylation sites (tertiary alicyclic amines) is 1. The summed E-state index contributed by atoms with van der Waals surface area (Å²) in [7, 11) is 0. The molecule has 6 nitrogen and oxygen atoms in total. The number of nitrogens with zero attached hydrogens (tertiary/aromatic N) is 3. The number of carbonyl (C=O) groups excluding carboxylic acids is 1. The molecule has 1 amide bonds. The Morgan fingerprint density at radius 3 is 2.92 bits per heavy atom. The Morgan fingerprint density at radius 1 is 1.38 bits per heavy atom. The van der Waals surface area contributed by atoms with Gasteiger partial charge in [-0.25, -0.2) is 0 Å². The Balaban J connectivity index is 1.52. The average molecular weight is 331 g/mol. The van der Waals surface area contributed by atoms with Crippen molar-refractivity contribution in [3.8, 4) is 0 Å². The second-order valence-corrected chi connectivity index (χ2v) is 6.75. The summed E-state index contributed by atoms with van der Waals surface area (Å²) in [5.41, 5.74) is 1.17. The van der Waals surface area contributed by atoms with Crippen LogP contribution in [-0.2, 0) is 4.79 Å². The van der Waals surface area contributed by atoms with Gasteiger partial charge in [0.25, 0.3) is 0 Å². The molecular formula is C18H29N5O. The first kappa shape index (κ1) is 17.3. The van der Waals surface area contributed by atoms with Gasteiger partial charge in [-0.05, 0) is 31.0 Å². The van der Waals surface area contributed by atoms with E-state index in [9.17, 15) is 4.79 Å². The van der Waals surface area contributed by atoms with Gasteiger partial charge in [0.05, 0.1) is 6.54 Å². The van der Waals surface area contributed by atoms with Crippen LogP contribution in [-0.4, -0.2) is 72.5 Å². The molecule has 1 unspecified atom stereocenters.